The molecule has 0 unspecified atom stereocenters. The topological polar surface area (TPSA) is 141 Å². The highest BCUT2D eigenvalue weighted by Gasteiger charge is 2.25. The van der Waals surface area contributed by atoms with Crippen molar-refractivity contribution in [1.29, 1.82) is 0 Å². The van der Waals surface area contributed by atoms with Crippen molar-refractivity contribution < 1.29 is 29.3 Å². The second kappa shape index (κ2) is 10.1. The molecule has 4 rings (SSSR count). The van der Waals surface area contributed by atoms with E-state index in [-0.39, 0.29) is 34.1 Å². The zero-order valence-electron chi connectivity index (χ0n) is 19.1. The van der Waals surface area contributed by atoms with Gasteiger partial charge in [0.15, 0.2) is 0 Å². The maximum absolute atomic E-state index is 12.7. The fourth-order valence-corrected chi connectivity index (χ4v) is 3.65. The Morgan fingerprint density at radius 3 is 1.31 bits per heavy atom. The van der Waals surface area contributed by atoms with E-state index in [0.29, 0.717) is 0 Å². The number of hydrogen-bond donors (Lipinski definition) is 4. The first-order valence-electron chi connectivity index (χ1n) is 10.9. The summed E-state index contributed by atoms with van der Waals surface area (Å²) in [5.74, 6) is -1.45. The predicted molar refractivity (Wildman–Crippen MR) is 135 cm³/mol. The molecule has 0 amide bonds. The summed E-state index contributed by atoms with van der Waals surface area (Å²) in [5.41, 5.74) is -0.687. The van der Waals surface area contributed by atoms with Gasteiger partial charge in [-0.3, -0.25) is 0 Å². The number of hydrogen-bond acceptors (Lipinski definition) is 8. The van der Waals surface area contributed by atoms with Crippen LogP contribution >= 0.6 is 0 Å². The number of phenolic OH excluding ortho intramolecular Hbond substituents is 2. The Morgan fingerprint density at radius 1 is 0.611 bits per heavy atom. The number of phenols is 2. The first-order valence-corrected chi connectivity index (χ1v) is 10.9. The zero-order chi connectivity index (χ0) is 25.8. The predicted octanol–water partition coefficient (Wildman–Crippen LogP) is 4.91. The fraction of sp³-hybridized carbons (Fsp3) is 0.0714. The molecule has 0 saturated carbocycles. The van der Waals surface area contributed by atoms with Gasteiger partial charge < -0.3 is 29.3 Å². The average Bonchev–Trinajstić information content (AvgIpc) is 2.82. The van der Waals surface area contributed by atoms with Crippen LogP contribution in [0.3, 0.4) is 0 Å². The van der Waals surface area contributed by atoms with Gasteiger partial charge in [0.25, 0.3) is 0 Å². The highest BCUT2D eigenvalue weighted by atomic mass is 16.4. The second-order valence-corrected chi connectivity index (χ2v) is 8.04. The molecular formula is C28H22O8. The van der Waals surface area contributed by atoms with Crippen molar-refractivity contribution in [3.63, 3.8) is 0 Å². The third-order valence-electron chi connectivity index (χ3n) is 5.50. The lowest BCUT2D eigenvalue weighted by atomic mass is 9.94. The van der Waals surface area contributed by atoms with Crippen LogP contribution in [-0.4, -0.2) is 20.4 Å². The summed E-state index contributed by atoms with van der Waals surface area (Å²) in [6, 6.07) is 15.1. The van der Waals surface area contributed by atoms with Gasteiger partial charge in [0.05, 0.1) is 11.1 Å². The molecular weight excluding hydrogens is 464 g/mol. The summed E-state index contributed by atoms with van der Waals surface area (Å²) in [5, 5.41) is 39.8. The van der Waals surface area contributed by atoms with E-state index in [0.717, 1.165) is 11.1 Å². The molecule has 0 spiro atoms. The summed E-state index contributed by atoms with van der Waals surface area (Å²) in [6.07, 6.45) is 6.21. The van der Waals surface area contributed by atoms with Crippen LogP contribution < -0.4 is 11.3 Å². The molecule has 8 nitrogen and oxygen atoms in total. The van der Waals surface area contributed by atoms with Crippen molar-refractivity contribution in [2.24, 2.45) is 0 Å². The lowest BCUT2D eigenvalue weighted by Crippen LogP contribution is -2.18. The van der Waals surface area contributed by atoms with E-state index < -0.39 is 28.7 Å². The number of aromatic hydroxyl groups is 4. The lowest BCUT2D eigenvalue weighted by Gasteiger charge is -2.13. The van der Waals surface area contributed by atoms with Gasteiger partial charge in [0.2, 0.25) is 0 Å². The van der Waals surface area contributed by atoms with Gasteiger partial charge in [0, 0.05) is 18.1 Å². The summed E-state index contributed by atoms with van der Waals surface area (Å²) in [6.45, 7) is 1.47. The molecule has 0 aliphatic rings. The standard InChI is InChI=1S/C28H22O8/c1-16(25-23(31)14-21(35-27(25)33)12-6-17-2-8-19(29)9-3-17)26-24(32)15-22(36-28(26)34)13-7-18-4-10-20(30)11-5-18/h2-16,29-32H,1H3. The van der Waals surface area contributed by atoms with E-state index >= 15 is 0 Å². The molecule has 182 valence electrons. The smallest absolute Gasteiger partial charge is 0.343 e. The molecule has 0 radical (unpaired) electrons. The normalized spacial score (nSPS) is 12.4. The van der Waals surface area contributed by atoms with Crippen molar-refractivity contribution in [2.45, 2.75) is 12.8 Å². The van der Waals surface area contributed by atoms with Crippen LogP contribution in [0.4, 0.5) is 0 Å². The molecule has 0 bridgehead atoms. The van der Waals surface area contributed by atoms with Crippen LogP contribution in [0.5, 0.6) is 23.0 Å². The van der Waals surface area contributed by atoms with E-state index in [9.17, 15) is 30.0 Å². The molecule has 36 heavy (non-hydrogen) atoms. The van der Waals surface area contributed by atoms with Crippen LogP contribution in [0, 0.1) is 0 Å². The van der Waals surface area contributed by atoms with E-state index in [1.807, 2.05) is 0 Å². The monoisotopic (exact) mass is 486 g/mol. The van der Waals surface area contributed by atoms with Crippen LogP contribution in [0.15, 0.2) is 79.1 Å². The van der Waals surface area contributed by atoms with Crippen LogP contribution in [0.2, 0.25) is 0 Å². The summed E-state index contributed by atoms with van der Waals surface area (Å²) >= 11 is 0. The maximum Gasteiger partial charge on any atom is 0.343 e. The quantitative estimate of drug-likeness (QED) is 0.301. The summed E-state index contributed by atoms with van der Waals surface area (Å²) in [4.78, 5) is 25.3. The van der Waals surface area contributed by atoms with Crippen LogP contribution in [0.1, 0.15) is 46.6 Å². The first kappa shape index (κ1) is 24.2. The van der Waals surface area contributed by atoms with Gasteiger partial charge in [-0.2, -0.15) is 0 Å². The number of benzene rings is 2. The summed E-state index contributed by atoms with van der Waals surface area (Å²) in [7, 11) is 0. The van der Waals surface area contributed by atoms with Crippen molar-refractivity contribution in [3.8, 4) is 23.0 Å². The van der Waals surface area contributed by atoms with E-state index in [4.69, 9.17) is 8.83 Å². The average molecular weight is 486 g/mol. The zero-order valence-corrected chi connectivity index (χ0v) is 19.1. The molecule has 0 aliphatic heterocycles. The van der Waals surface area contributed by atoms with Crippen LogP contribution in [-0.2, 0) is 0 Å². The lowest BCUT2D eigenvalue weighted by molar-refractivity contribution is 0.413. The summed E-state index contributed by atoms with van der Waals surface area (Å²) < 4.78 is 10.6. The number of rotatable bonds is 6. The second-order valence-electron chi connectivity index (χ2n) is 8.04. The molecule has 0 atom stereocenters. The van der Waals surface area contributed by atoms with Crippen molar-refractivity contribution in [2.75, 3.05) is 0 Å². The molecule has 0 fully saturated rings. The van der Waals surface area contributed by atoms with Gasteiger partial charge in [-0.05, 0) is 47.5 Å². The maximum atomic E-state index is 12.7. The highest BCUT2D eigenvalue weighted by Crippen LogP contribution is 2.32. The van der Waals surface area contributed by atoms with Crippen molar-refractivity contribution in [3.05, 3.63) is 115 Å². The minimum absolute atomic E-state index is 0.0764. The minimum Gasteiger partial charge on any atom is -0.508 e. The fourth-order valence-electron chi connectivity index (χ4n) is 3.65. The highest BCUT2D eigenvalue weighted by molar-refractivity contribution is 5.69. The molecule has 2 aromatic heterocycles. The molecule has 4 aromatic rings. The first-order chi connectivity index (χ1) is 17.2. The van der Waals surface area contributed by atoms with Crippen LogP contribution in [0.25, 0.3) is 24.3 Å². The molecule has 0 aliphatic carbocycles. The van der Waals surface area contributed by atoms with E-state index in [2.05, 4.69) is 0 Å². The van der Waals surface area contributed by atoms with Gasteiger partial charge in [-0.15, -0.1) is 0 Å². The van der Waals surface area contributed by atoms with E-state index in [1.54, 1.807) is 36.4 Å². The molecule has 0 saturated heterocycles. The SMILES string of the molecule is CC(c1c(O)cc(C=Cc2ccc(O)cc2)oc1=O)c1c(O)cc(C=Cc2ccc(O)cc2)oc1=O. The Labute approximate surface area is 205 Å². The largest absolute Gasteiger partial charge is 0.508 e. The third kappa shape index (κ3) is 5.39. The molecule has 2 aromatic carbocycles. The van der Waals surface area contributed by atoms with E-state index in [1.165, 1.54) is 55.5 Å². The Bertz CT molecular complexity index is 1440. The Morgan fingerprint density at radius 2 is 0.972 bits per heavy atom. The molecule has 2 heterocycles. The van der Waals surface area contributed by atoms with Gasteiger partial charge in [-0.1, -0.05) is 43.3 Å². The molecule has 4 N–H and O–H groups in total. The van der Waals surface area contributed by atoms with Crippen molar-refractivity contribution in [1.82, 2.24) is 0 Å². The third-order valence-corrected chi connectivity index (χ3v) is 5.50. The Hall–Kier alpha value is -4.98. The van der Waals surface area contributed by atoms with Crippen molar-refractivity contribution >= 4 is 24.3 Å². The van der Waals surface area contributed by atoms with Gasteiger partial charge in [0.1, 0.15) is 34.5 Å². The minimum atomic E-state index is -1.03. The van der Waals surface area contributed by atoms with Gasteiger partial charge >= 0.3 is 11.3 Å². The molecule has 8 heteroatoms. The Balaban J connectivity index is 1.60. The van der Waals surface area contributed by atoms with Gasteiger partial charge in [-0.25, -0.2) is 9.59 Å². The Kier molecular flexibility index (Phi) is 6.78.